The normalized spacial score (nSPS) is 13.2. The summed E-state index contributed by atoms with van der Waals surface area (Å²) < 4.78 is 5.57. The molecule has 2 rings (SSSR count). The quantitative estimate of drug-likeness (QED) is 0.855. The van der Waals surface area contributed by atoms with E-state index in [0.717, 1.165) is 6.42 Å². The minimum absolute atomic E-state index is 0.124. The number of anilines is 1. The average Bonchev–Trinajstić information content (AvgIpc) is 2.54. The third kappa shape index (κ3) is 4.26. The number of nitrogens with two attached hydrogens (primary N) is 1. The van der Waals surface area contributed by atoms with Gasteiger partial charge in [-0.3, -0.25) is 4.79 Å². The lowest BCUT2D eigenvalue weighted by Crippen LogP contribution is -2.40. The Morgan fingerprint density at radius 3 is 2.86 bits per heavy atom. The van der Waals surface area contributed by atoms with E-state index in [4.69, 9.17) is 10.5 Å². The van der Waals surface area contributed by atoms with Crippen molar-refractivity contribution in [2.45, 2.75) is 26.3 Å². The molecular weight excluding hydrogens is 280 g/mol. The van der Waals surface area contributed by atoms with E-state index < -0.39 is 6.04 Å². The standard InChI is InChI=1S/C16H20N4O2/c1-3-11(2)15(17)16(21)19-12-6-4-7-13(10-12)22-14-8-5-9-18-20-14/h4-11,15H,3,17H2,1-2H3,(H,19,21). The van der Waals surface area contributed by atoms with E-state index in [0.29, 0.717) is 17.3 Å². The lowest BCUT2D eigenvalue weighted by Gasteiger charge is -2.17. The van der Waals surface area contributed by atoms with Crippen LogP contribution in [-0.2, 0) is 4.79 Å². The molecule has 0 saturated carbocycles. The fraction of sp³-hybridized carbons (Fsp3) is 0.312. The van der Waals surface area contributed by atoms with Crippen molar-refractivity contribution in [2.75, 3.05) is 5.32 Å². The molecule has 0 bridgehead atoms. The van der Waals surface area contributed by atoms with E-state index in [1.807, 2.05) is 13.8 Å². The molecule has 3 N–H and O–H groups in total. The number of nitrogens with zero attached hydrogens (tertiary/aromatic N) is 2. The SMILES string of the molecule is CCC(C)C(N)C(=O)Nc1cccc(Oc2cccnn2)c1. The molecule has 1 aromatic carbocycles. The summed E-state index contributed by atoms with van der Waals surface area (Å²) in [5.74, 6) is 0.878. The molecule has 1 heterocycles. The molecule has 0 aliphatic carbocycles. The number of rotatable bonds is 6. The Bertz CT molecular complexity index is 619. The van der Waals surface area contributed by atoms with Gasteiger partial charge in [0.15, 0.2) is 0 Å². The molecule has 2 atom stereocenters. The first kappa shape index (κ1) is 15.9. The van der Waals surface area contributed by atoms with Crippen LogP contribution in [0.25, 0.3) is 0 Å². The number of carbonyl (C=O) groups excluding carboxylic acids is 1. The lowest BCUT2D eigenvalue weighted by molar-refractivity contribution is -0.118. The minimum Gasteiger partial charge on any atom is -0.437 e. The van der Waals surface area contributed by atoms with Crippen LogP contribution >= 0.6 is 0 Å². The van der Waals surface area contributed by atoms with Crippen LogP contribution in [0.1, 0.15) is 20.3 Å². The van der Waals surface area contributed by atoms with Crippen LogP contribution in [0.4, 0.5) is 5.69 Å². The largest absolute Gasteiger partial charge is 0.437 e. The van der Waals surface area contributed by atoms with Crippen molar-refractivity contribution in [1.29, 1.82) is 0 Å². The number of carbonyl (C=O) groups is 1. The maximum absolute atomic E-state index is 12.1. The highest BCUT2D eigenvalue weighted by Gasteiger charge is 2.19. The second kappa shape index (κ2) is 7.51. The summed E-state index contributed by atoms with van der Waals surface area (Å²) in [7, 11) is 0. The lowest BCUT2D eigenvalue weighted by atomic mass is 9.99. The zero-order chi connectivity index (χ0) is 15.9. The summed E-state index contributed by atoms with van der Waals surface area (Å²) in [6.07, 6.45) is 2.42. The van der Waals surface area contributed by atoms with Gasteiger partial charge in [0.2, 0.25) is 11.8 Å². The molecule has 0 aliphatic heterocycles. The van der Waals surface area contributed by atoms with Gasteiger partial charge < -0.3 is 15.8 Å². The van der Waals surface area contributed by atoms with E-state index in [1.54, 1.807) is 42.6 Å². The highest BCUT2D eigenvalue weighted by atomic mass is 16.5. The first-order valence-electron chi connectivity index (χ1n) is 7.22. The number of ether oxygens (including phenoxy) is 1. The zero-order valence-corrected chi connectivity index (χ0v) is 12.7. The molecule has 1 amide bonds. The van der Waals surface area contributed by atoms with Crippen molar-refractivity contribution in [2.24, 2.45) is 11.7 Å². The monoisotopic (exact) mass is 300 g/mol. The third-order valence-electron chi connectivity index (χ3n) is 3.43. The third-order valence-corrected chi connectivity index (χ3v) is 3.43. The molecule has 116 valence electrons. The topological polar surface area (TPSA) is 90.1 Å². The first-order valence-corrected chi connectivity index (χ1v) is 7.22. The van der Waals surface area contributed by atoms with Crippen molar-refractivity contribution in [3.63, 3.8) is 0 Å². The van der Waals surface area contributed by atoms with Gasteiger partial charge in [0.25, 0.3) is 0 Å². The summed E-state index contributed by atoms with van der Waals surface area (Å²) in [5.41, 5.74) is 6.55. The van der Waals surface area contributed by atoms with Gasteiger partial charge in [-0.15, -0.1) is 5.10 Å². The number of aromatic nitrogens is 2. The van der Waals surface area contributed by atoms with Gasteiger partial charge in [-0.1, -0.05) is 26.3 Å². The zero-order valence-electron chi connectivity index (χ0n) is 12.7. The van der Waals surface area contributed by atoms with Gasteiger partial charge >= 0.3 is 0 Å². The van der Waals surface area contributed by atoms with E-state index in [-0.39, 0.29) is 11.8 Å². The molecule has 1 aromatic heterocycles. The number of amides is 1. The van der Waals surface area contributed by atoms with Gasteiger partial charge in [0, 0.05) is 24.0 Å². The first-order chi connectivity index (χ1) is 10.6. The molecule has 0 aliphatic rings. The summed E-state index contributed by atoms with van der Waals surface area (Å²) in [6, 6.07) is 9.97. The second-order valence-electron chi connectivity index (χ2n) is 5.09. The van der Waals surface area contributed by atoms with Crippen LogP contribution in [-0.4, -0.2) is 22.1 Å². The van der Waals surface area contributed by atoms with Crippen molar-refractivity contribution < 1.29 is 9.53 Å². The number of hydrogen-bond acceptors (Lipinski definition) is 5. The highest BCUT2D eigenvalue weighted by Crippen LogP contribution is 2.22. The number of nitrogens with one attached hydrogen (secondary N) is 1. The van der Waals surface area contributed by atoms with Gasteiger partial charge in [-0.2, -0.15) is 5.10 Å². The van der Waals surface area contributed by atoms with Crippen molar-refractivity contribution in [3.8, 4) is 11.6 Å². The predicted octanol–water partition coefficient (Wildman–Crippen LogP) is 2.58. The molecule has 0 fully saturated rings. The predicted molar refractivity (Wildman–Crippen MR) is 84.6 cm³/mol. The minimum atomic E-state index is -0.533. The van der Waals surface area contributed by atoms with E-state index in [1.165, 1.54) is 0 Å². The molecule has 0 spiro atoms. The van der Waals surface area contributed by atoms with Crippen molar-refractivity contribution in [3.05, 3.63) is 42.6 Å². The van der Waals surface area contributed by atoms with Gasteiger partial charge in [0.1, 0.15) is 5.75 Å². The maximum atomic E-state index is 12.1. The van der Waals surface area contributed by atoms with Crippen LogP contribution in [0.5, 0.6) is 11.6 Å². The Morgan fingerprint density at radius 1 is 1.36 bits per heavy atom. The molecule has 2 aromatic rings. The van der Waals surface area contributed by atoms with Crippen LogP contribution in [0.3, 0.4) is 0 Å². The molecular formula is C16H20N4O2. The van der Waals surface area contributed by atoms with E-state index in [9.17, 15) is 4.79 Å². The van der Waals surface area contributed by atoms with E-state index in [2.05, 4.69) is 15.5 Å². The molecule has 0 saturated heterocycles. The van der Waals surface area contributed by atoms with Crippen molar-refractivity contribution in [1.82, 2.24) is 10.2 Å². The fourth-order valence-electron chi connectivity index (χ4n) is 1.84. The van der Waals surface area contributed by atoms with Gasteiger partial charge in [0.05, 0.1) is 6.04 Å². The van der Waals surface area contributed by atoms with Crippen LogP contribution in [0.15, 0.2) is 42.6 Å². The van der Waals surface area contributed by atoms with Crippen molar-refractivity contribution >= 4 is 11.6 Å². The Hall–Kier alpha value is -2.47. The summed E-state index contributed by atoms with van der Waals surface area (Å²) in [4.78, 5) is 12.1. The number of hydrogen-bond donors (Lipinski definition) is 2. The Kier molecular flexibility index (Phi) is 5.43. The van der Waals surface area contributed by atoms with Crippen LogP contribution in [0, 0.1) is 5.92 Å². The molecule has 6 heteroatoms. The smallest absolute Gasteiger partial charge is 0.241 e. The molecule has 6 nitrogen and oxygen atoms in total. The van der Waals surface area contributed by atoms with Gasteiger partial charge in [-0.05, 0) is 24.1 Å². The summed E-state index contributed by atoms with van der Waals surface area (Å²) in [6.45, 7) is 3.96. The van der Waals surface area contributed by atoms with Gasteiger partial charge in [-0.25, -0.2) is 0 Å². The molecule has 2 unspecified atom stereocenters. The number of benzene rings is 1. The average molecular weight is 300 g/mol. The fourth-order valence-corrected chi connectivity index (χ4v) is 1.84. The molecule has 22 heavy (non-hydrogen) atoms. The van der Waals surface area contributed by atoms with Crippen LogP contribution < -0.4 is 15.8 Å². The summed E-state index contributed by atoms with van der Waals surface area (Å²) >= 11 is 0. The Labute approximate surface area is 129 Å². The van der Waals surface area contributed by atoms with Crippen LogP contribution in [0.2, 0.25) is 0 Å². The summed E-state index contributed by atoms with van der Waals surface area (Å²) in [5, 5.41) is 10.4. The van der Waals surface area contributed by atoms with E-state index >= 15 is 0 Å². The second-order valence-corrected chi connectivity index (χ2v) is 5.09. The highest BCUT2D eigenvalue weighted by molar-refractivity contribution is 5.95. The molecule has 0 radical (unpaired) electrons. The Balaban J connectivity index is 2.04. The maximum Gasteiger partial charge on any atom is 0.241 e. The Morgan fingerprint density at radius 2 is 2.18 bits per heavy atom.